The molecule has 3 aliphatic heterocycles. The summed E-state index contributed by atoms with van der Waals surface area (Å²) < 4.78 is 29.0. The highest BCUT2D eigenvalue weighted by atomic mass is 16.7. The van der Waals surface area contributed by atoms with Gasteiger partial charge in [-0.05, 0) is 25.3 Å². The number of H-pyrrole nitrogens is 1. The van der Waals surface area contributed by atoms with Crippen LogP contribution in [0.25, 0.3) is 0 Å². The summed E-state index contributed by atoms with van der Waals surface area (Å²) in [5.74, 6) is -3.34. The van der Waals surface area contributed by atoms with Crippen LogP contribution in [-0.2, 0) is 38.1 Å². The standard InChI is InChI=1S/C24H33N5O13/c1-38-15-16(41-22(18(15)39-2)28-8-6-13(31)27-24(28)36)17(19(25)33)42-23-14(32)11(30)9-12(40-23)20(34)26-10-5-3-4-7-29(37)21(10)35/h6,8-11,14-18,22-23,30,32,37H,3-5,7H2,1-2H3,(H2,25,33)(H,26,34)(H,27,31,36). The second-order valence-electron chi connectivity index (χ2n) is 9.85. The first-order valence-electron chi connectivity index (χ1n) is 13.0. The number of hydrogen-bond donors (Lipinski definition) is 6. The van der Waals surface area contributed by atoms with Gasteiger partial charge >= 0.3 is 5.69 Å². The summed E-state index contributed by atoms with van der Waals surface area (Å²) >= 11 is 0. The largest absolute Gasteiger partial charge is 0.456 e. The Balaban J connectivity index is 1.54. The van der Waals surface area contributed by atoms with Gasteiger partial charge in [0.05, 0.1) is 0 Å². The second-order valence-corrected chi connectivity index (χ2v) is 9.85. The number of amides is 3. The molecule has 2 fully saturated rings. The Morgan fingerprint density at radius 3 is 2.52 bits per heavy atom. The van der Waals surface area contributed by atoms with Crippen molar-refractivity contribution < 1.29 is 53.5 Å². The molecule has 18 heteroatoms. The summed E-state index contributed by atoms with van der Waals surface area (Å²) in [5, 5.41) is 33.7. The average Bonchev–Trinajstić information content (AvgIpc) is 3.24. The van der Waals surface area contributed by atoms with E-state index in [1.54, 1.807) is 0 Å². The molecule has 0 spiro atoms. The molecule has 0 radical (unpaired) electrons. The highest BCUT2D eigenvalue weighted by Gasteiger charge is 2.53. The SMILES string of the molecule is COC1C(C(OC2OC(C(=O)NC3CCCCN(O)C3=O)=CC(O)C2O)C(N)=O)OC(n2ccc(=O)[nH]c2=O)C1OC. The first kappa shape index (κ1) is 31.3. The van der Waals surface area contributed by atoms with Gasteiger partial charge in [-0.1, -0.05) is 0 Å². The van der Waals surface area contributed by atoms with Crippen LogP contribution < -0.4 is 22.3 Å². The molecule has 0 bridgehead atoms. The van der Waals surface area contributed by atoms with Crippen LogP contribution in [0.3, 0.4) is 0 Å². The van der Waals surface area contributed by atoms with Gasteiger partial charge < -0.3 is 44.9 Å². The van der Waals surface area contributed by atoms with E-state index in [0.29, 0.717) is 17.9 Å². The van der Waals surface area contributed by atoms with Crippen molar-refractivity contribution in [1.29, 1.82) is 0 Å². The van der Waals surface area contributed by atoms with Gasteiger partial charge in [0.15, 0.2) is 18.1 Å². The van der Waals surface area contributed by atoms with Gasteiger partial charge in [-0.2, -0.15) is 0 Å². The molecule has 18 nitrogen and oxygen atoms in total. The zero-order chi connectivity index (χ0) is 30.7. The van der Waals surface area contributed by atoms with Gasteiger partial charge in [-0.3, -0.25) is 33.9 Å². The minimum absolute atomic E-state index is 0.104. The molecule has 3 aliphatic rings. The molecular weight excluding hydrogens is 566 g/mol. The molecule has 9 atom stereocenters. The summed E-state index contributed by atoms with van der Waals surface area (Å²) in [5.41, 5.74) is 4.10. The van der Waals surface area contributed by atoms with Gasteiger partial charge in [0.25, 0.3) is 17.4 Å². The summed E-state index contributed by atoms with van der Waals surface area (Å²) in [7, 11) is 2.56. The fourth-order valence-electron chi connectivity index (χ4n) is 5.00. The van der Waals surface area contributed by atoms with Crippen molar-refractivity contribution in [1.82, 2.24) is 19.9 Å². The number of aliphatic hydroxyl groups is 2. The molecule has 0 aromatic carbocycles. The summed E-state index contributed by atoms with van der Waals surface area (Å²) in [6.07, 6.45) is -8.50. The van der Waals surface area contributed by atoms with Gasteiger partial charge in [0, 0.05) is 33.0 Å². The molecule has 0 saturated carbocycles. The maximum atomic E-state index is 12.9. The number of aromatic amines is 1. The lowest BCUT2D eigenvalue weighted by Crippen LogP contribution is -2.54. The molecule has 4 heterocycles. The third-order valence-electron chi connectivity index (χ3n) is 7.14. The van der Waals surface area contributed by atoms with E-state index in [2.05, 4.69) is 10.3 Å². The van der Waals surface area contributed by atoms with Gasteiger partial charge in [-0.25, -0.2) is 9.86 Å². The number of carbonyl (C=O) groups is 3. The molecule has 232 valence electrons. The smallest absolute Gasteiger partial charge is 0.330 e. The van der Waals surface area contributed by atoms with E-state index in [1.807, 2.05) is 0 Å². The van der Waals surface area contributed by atoms with Crippen LogP contribution in [0.1, 0.15) is 25.5 Å². The lowest BCUT2D eigenvalue weighted by atomic mass is 10.0. The first-order valence-corrected chi connectivity index (χ1v) is 13.0. The molecular formula is C24H33N5O13. The third-order valence-corrected chi connectivity index (χ3v) is 7.14. The van der Waals surface area contributed by atoms with Crippen LogP contribution in [-0.4, -0.2) is 117 Å². The van der Waals surface area contributed by atoms with Crippen molar-refractivity contribution >= 4 is 17.7 Å². The molecule has 4 rings (SSSR count). The van der Waals surface area contributed by atoms with Gasteiger partial charge in [0.2, 0.25) is 12.2 Å². The van der Waals surface area contributed by atoms with E-state index in [-0.39, 0.29) is 13.0 Å². The number of nitrogens with two attached hydrogens (primary N) is 1. The van der Waals surface area contributed by atoms with Crippen LogP contribution in [0.15, 0.2) is 33.7 Å². The Hall–Kier alpha value is -3.65. The number of ether oxygens (including phenoxy) is 5. The molecule has 0 aliphatic carbocycles. The van der Waals surface area contributed by atoms with Crippen LogP contribution >= 0.6 is 0 Å². The van der Waals surface area contributed by atoms with Crippen molar-refractivity contribution in [3.05, 3.63) is 44.9 Å². The molecule has 2 saturated heterocycles. The molecule has 1 aromatic heterocycles. The maximum Gasteiger partial charge on any atom is 0.330 e. The monoisotopic (exact) mass is 599 g/mol. The van der Waals surface area contributed by atoms with Crippen molar-refractivity contribution in [2.75, 3.05) is 20.8 Å². The highest BCUT2D eigenvalue weighted by molar-refractivity contribution is 5.95. The Labute approximate surface area is 237 Å². The van der Waals surface area contributed by atoms with E-state index in [1.165, 1.54) is 14.2 Å². The number of methoxy groups -OCH3 is 2. The predicted octanol–water partition coefficient (Wildman–Crippen LogP) is -3.82. The summed E-state index contributed by atoms with van der Waals surface area (Å²) in [4.78, 5) is 63.9. The topological polar surface area (TPSA) is 254 Å². The first-order chi connectivity index (χ1) is 20.0. The number of aliphatic hydroxyl groups excluding tert-OH is 2. The number of aromatic nitrogens is 2. The van der Waals surface area contributed by atoms with Gasteiger partial charge in [-0.15, -0.1) is 0 Å². The highest BCUT2D eigenvalue weighted by Crippen LogP contribution is 2.35. The van der Waals surface area contributed by atoms with Crippen molar-refractivity contribution in [2.45, 2.75) is 74.4 Å². The van der Waals surface area contributed by atoms with Gasteiger partial charge in [0.1, 0.15) is 36.6 Å². The average molecular weight is 600 g/mol. The minimum atomic E-state index is -1.85. The lowest BCUT2D eigenvalue weighted by Gasteiger charge is -2.35. The number of hydroxylamine groups is 2. The van der Waals surface area contributed by atoms with Crippen molar-refractivity contribution in [3.63, 3.8) is 0 Å². The molecule has 1 aromatic rings. The molecule has 7 N–H and O–H groups in total. The van der Waals surface area contributed by atoms with E-state index in [0.717, 1.165) is 22.9 Å². The third kappa shape index (κ3) is 6.38. The zero-order valence-electron chi connectivity index (χ0n) is 22.7. The van der Waals surface area contributed by atoms with E-state index in [4.69, 9.17) is 29.4 Å². The van der Waals surface area contributed by atoms with Crippen molar-refractivity contribution in [3.8, 4) is 0 Å². The van der Waals surface area contributed by atoms with Crippen LogP contribution in [0.4, 0.5) is 0 Å². The summed E-state index contributed by atoms with van der Waals surface area (Å²) in [6.45, 7) is 0.104. The maximum absolute atomic E-state index is 12.9. The second kappa shape index (κ2) is 13.1. The minimum Gasteiger partial charge on any atom is -0.456 e. The van der Waals surface area contributed by atoms with E-state index >= 15 is 0 Å². The Morgan fingerprint density at radius 2 is 1.88 bits per heavy atom. The number of primary amides is 1. The fraction of sp³-hybridized carbons (Fsp3) is 0.625. The van der Waals surface area contributed by atoms with E-state index in [9.17, 15) is 39.4 Å². The quantitative estimate of drug-likeness (QED) is 0.149. The zero-order valence-corrected chi connectivity index (χ0v) is 22.7. The lowest BCUT2D eigenvalue weighted by molar-refractivity contribution is -0.241. The van der Waals surface area contributed by atoms with E-state index < -0.39 is 89.9 Å². The molecule has 42 heavy (non-hydrogen) atoms. The van der Waals surface area contributed by atoms with Crippen LogP contribution in [0.2, 0.25) is 0 Å². The Kier molecular flexibility index (Phi) is 9.77. The summed E-state index contributed by atoms with van der Waals surface area (Å²) in [6, 6.07) is -0.00752. The Bertz CT molecular complexity index is 1310. The molecule has 3 amide bonds. The molecule has 9 unspecified atom stereocenters. The predicted molar refractivity (Wildman–Crippen MR) is 135 cm³/mol. The normalized spacial score (nSPS) is 32.5. The van der Waals surface area contributed by atoms with Crippen LogP contribution in [0, 0.1) is 0 Å². The Morgan fingerprint density at radius 1 is 1.17 bits per heavy atom. The number of nitrogens with one attached hydrogen (secondary N) is 2. The number of rotatable bonds is 9. The van der Waals surface area contributed by atoms with Crippen LogP contribution in [0.5, 0.6) is 0 Å². The number of hydrogen-bond acceptors (Lipinski definition) is 13. The number of nitrogens with zero attached hydrogens (tertiary/aromatic N) is 2. The van der Waals surface area contributed by atoms with Crippen molar-refractivity contribution in [2.24, 2.45) is 5.73 Å². The fourth-order valence-corrected chi connectivity index (χ4v) is 5.00. The number of carbonyl (C=O) groups excluding carboxylic acids is 3.